The van der Waals surface area contributed by atoms with Crippen molar-refractivity contribution in [1.82, 2.24) is 0 Å². The molecule has 1 aliphatic heterocycles. The number of nitrogens with zero attached hydrogens (tertiary/aromatic N) is 2. The number of carbonyl (C=O) groups is 1. The van der Waals surface area contributed by atoms with Crippen molar-refractivity contribution >= 4 is 23.4 Å². The van der Waals surface area contributed by atoms with E-state index in [0.717, 1.165) is 10.6 Å². The van der Waals surface area contributed by atoms with Gasteiger partial charge in [-0.1, -0.05) is 42.1 Å². The topological polar surface area (TPSA) is 44.1 Å². The number of para-hydroxylation sites is 1. The van der Waals surface area contributed by atoms with E-state index in [4.69, 9.17) is 0 Å². The normalized spacial score (nSPS) is 16.8. The molecule has 0 saturated carbocycles. The zero-order valence-corrected chi connectivity index (χ0v) is 10.8. The number of benzene rings is 2. The van der Waals surface area contributed by atoms with Gasteiger partial charge in [-0.3, -0.25) is 9.69 Å². The second-order valence-corrected chi connectivity index (χ2v) is 5.23. The van der Waals surface area contributed by atoms with Crippen LogP contribution in [0.15, 0.2) is 59.5 Å². The molecule has 0 spiro atoms. The smallest absolute Gasteiger partial charge is 0.260 e. The number of carbonyl (C=O) groups excluding carboxylic acids is 1. The summed E-state index contributed by atoms with van der Waals surface area (Å²) in [5.41, 5.74) is 1.41. The van der Waals surface area contributed by atoms with Gasteiger partial charge in [0.15, 0.2) is 5.37 Å². The summed E-state index contributed by atoms with van der Waals surface area (Å²) in [7, 11) is 0. The Morgan fingerprint density at radius 1 is 1.11 bits per heavy atom. The molecule has 0 fully saturated rings. The maximum Gasteiger partial charge on any atom is 0.260 e. The van der Waals surface area contributed by atoms with Gasteiger partial charge in [0.2, 0.25) is 0 Å². The Kier molecular flexibility index (Phi) is 2.98. The molecule has 92 valence electrons. The van der Waals surface area contributed by atoms with Crippen LogP contribution in [0.2, 0.25) is 0 Å². The van der Waals surface area contributed by atoms with Gasteiger partial charge in [-0.05, 0) is 24.3 Å². The zero-order valence-electron chi connectivity index (χ0n) is 9.98. The summed E-state index contributed by atoms with van der Waals surface area (Å²) in [5, 5.41) is 8.74. The van der Waals surface area contributed by atoms with Crippen LogP contribution in [0.25, 0.3) is 0 Å². The van der Waals surface area contributed by atoms with Crippen LogP contribution in [0.3, 0.4) is 0 Å². The fourth-order valence-corrected chi connectivity index (χ4v) is 3.13. The quantitative estimate of drug-likeness (QED) is 0.795. The largest absolute Gasteiger partial charge is 0.281 e. The summed E-state index contributed by atoms with van der Waals surface area (Å²) in [6.07, 6.45) is 0. The Morgan fingerprint density at radius 2 is 1.79 bits per heavy atom. The van der Waals surface area contributed by atoms with Crippen molar-refractivity contribution < 1.29 is 4.79 Å². The second-order valence-electron chi connectivity index (χ2n) is 4.11. The van der Waals surface area contributed by atoms with Gasteiger partial charge in [0, 0.05) is 10.5 Å². The summed E-state index contributed by atoms with van der Waals surface area (Å²) in [6, 6.07) is 18.8. The molecule has 0 aromatic heterocycles. The van der Waals surface area contributed by atoms with E-state index in [2.05, 4.69) is 6.07 Å². The highest BCUT2D eigenvalue weighted by Crippen LogP contribution is 2.43. The maximum atomic E-state index is 12.5. The molecule has 4 heteroatoms. The van der Waals surface area contributed by atoms with Crippen molar-refractivity contribution in [3.63, 3.8) is 0 Å². The first-order valence-electron chi connectivity index (χ1n) is 5.85. The van der Waals surface area contributed by atoms with Gasteiger partial charge in [-0.2, -0.15) is 5.26 Å². The van der Waals surface area contributed by atoms with Gasteiger partial charge < -0.3 is 0 Å². The molecule has 0 saturated heterocycles. The highest BCUT2D eigenvalue weighted by atomic mass is 32.2. The minimum atomic E-state index is -0.495. The SMILES string of the molecule is N#C[C@@H]1Sc2ccccc2N1C(=O)c1ccccc1. The summed E-state index contributed by atoms with van der Waals surface area (Å²) in [4.78, 5) is 15.1. The number of fused-ring (bicyclic) bond motifs is 1. The Labute approximate surface area is 115 Å². The van der Waals surface area contributed by atoms with Crippen molar-refractivity contribution in [3.8, 4) is 6.07 Å². The van der Waals surface area contributed by atoms with Gasteiger partial charge in [0.05, 0.1) is 11.8 Å². The Balaban J connectivity index is 2.04. The first-order valence-corrected chi connectivity index (χ1v) is 6.73. The van der Waals surface area contributed by atoms with Crippen LogP contribution < -0.4 is 4.90 Å². The fraction of sp³-hybridized carbons (Fsp3) is 0.0667. The van der Waals surface area contributed by atoms with Crippen LogP contribution in [0, 0.1) is 11.3 Å². The molecular weight excluding hydrogens is 256 g/mol. The van der Waals surface area contributed by atoms with E-state index in [1.807, 2.05) is 42.5 Å². The minimum Gasteiger partial charge on any atom is -0.281 e. The molecule has 1 amide bonds. The second kappa shape index (κ2) is 4.79. The average molecular weight is 266 g/mol. The molecule has 1 aliphatic rings. The molecule has 2 aromatic carbocycles. The number of thioether (sulfide) groups is 1. The van der Waals surface area contributed by atoms with Crippen molar-refractivity contribution in [2.24, 2.45) is 0 Å². The van der Waals surface area contributed by atoms with E-state index in [9.17, 15) is 10.1 Å². The highest BCUT2D eigenvalue weighted by molar-refractivity contribution is 8.00. The highest BCUT2D eigenvalue weighted by Gasteiger charge is 2.34. The first-order chi connectivity index (χ1) is 9.31. The van der Waals surface area contributed by atoms with Crippen molar-refractivity contribution in [2.75, 3.05) is 4.90 Å². The van der Waals surface area contributed by atoms with E-state index in [1.165, 1.54) is 11.8 Å². The molecule has 0 N–H and O–H groups in total. The van der Waals surface area contributed by atoms with Gasteiger partial charge >= 0.3 is 0 Å². The lowest BCUT2D eigenvalue weighted by atomic mass is 10.2. The summed E-state index contributed by atoms with van der Waals surface area (Å²) >= 11 is 1.41. The number of amides is 1. The number of hydrogen-bond donors (Lipinski definition) is 0. The average Bonchev–Trinajstić information content (AvgIpc) is 2.86. The van der Waals surface area contributed by atoms with E-state index < -0.39 is 5.37 Å². The Hall–Kier alpha value is -2.25. The van der Waals surface area contributed by atoms with E-state index in [1.54, 1.807) is 17.0 Å². The van der Waals surface area contributed by atoms with Crippen LogP contribution in [0.1, 0.15) is 10.4 Å². The third kappa shape index (κ3) is 1.98. The molecule has 1 atom stereocenters. The molecule has 0 bridgehead atoms. The number of rotatable bonds is 1. The van der Waals surface area contributed by atoms with E-state index in [-0.39, 0.29) is 5.91 Å². The zero-order chi connectivity index (χ0) is 13.2. The molecule has 2 aromatic rings. The number of hydrogen-bond acceptors (Lipinski definition) is 3. The van der Waals surface area contributed by atoms with Gasteiger partial charge in [0.25, 0.3) is 5.91 Å². The molecular formula is C15H10N2OS. The summed E-state index contributed by atoms with van der Waals surface area (Å²) in [5.74, 6) is -0.135. The van der Waals surface area contributed by atoms with Crippen LogP contribution in [-0.2, 0) is 0 Å². The van der Waals surface area contributed by atoms with E-state index in [0.29, 0.717) is 5.56 Å². The summed E-state index contributed by atoms with van der Waals surface area (Å²) in [6.45, 7) is 0. The maximum absolute atomic E-state index is 12.5. The van der Waals surface area contributed by atoms with Gasteiger partial charge in [-0.25, -0.2) is 0 Å². The minimum absolute atomic E-state index is 0.135. The predicted octanol–water partition coefficient (Wildman–Crippen LogP) is 3.29. The predicted molar refractivity (Wildman–Crippen MR) is 75.0 cm³/mol. The van der Waals surface area contributed by atoms with Crippen molar-refractivity contribution in [3.05, 3.63) is 60.2 Å². The molecule has 0 unspecified atom stereocenters. The van der Waals surface area contributed by atoms with Crippen LogP contribution in [0.5, 0.6) is 0 Å². The van der Waals surface area contributed by atoms with Crippen LogP contribution in [0.4, 0.5) is 5.69 Å². The molecule has 0 radical (unpaired) electrons. The Morgan fingerprint density at radius 3 is 2.53 bits per heavy atom. The number of nitriles is 1. The fourth-order valence-electron chi connectivity index (χ4n) is 2.07. The lowest BCUT2D eigenvalue weighted by molar-refractivity contribution is 0.0988. The molecule has 3 nitrogen and oxygen atoms in total. The van der Waals surface area contributed by atoms with Gasteiger partial charge in [-0.15, -0.1) is 0 Å². The third-order valence-electron chi connectivity index (χ3n) is 2.95. The van der Waals surface area contributed by atoms with Crippen LogP contribution >= 0.6 is 11.8 Å². The molecule has 1 heterocycles. The number of anilines is 1. The van der Waals surface area contributed by atoms with E-state index >= 15 is 0 Å². The molecule has 3 rings (SSSR count). The summed E-state index contributed by atoms with van der Waals surface area (Å²) < 4.78 is 0. The van der Waals surface area contributed by atoms with Crippen molar-refractivity contribution in [2.45, 2.75) is 10.3 Å². The van der Waals surface area contributed by atoms with Gasteiger partial charge in [0.1, 0.15) is 0 Å². The first kappa shape index (κ1) is 11.8. The molecule has 0 aliphatic carbocycles. The van der Waals surface area contributed by atoms with Crippen LogP contribution in [-0.4, -0.2) is 11.3 Å². The monoisotopic (exact) mass is 266 g/mol. The lowest BCUT2D eigenvalue weighted by Gasteiger charge is -2.19. The lowest BCUT2D eigenvalue weighted by Crippen LogP contribution is -2.34. The Bertz CT molecular complexity index is 663. The standard InChI is InChI=1S/C15H10N2OS/c16-10-14-17(12-8-4-5-9-13(12)19-14)15(18)11-6-2-1-3-7-11/h1-9,14H/t14-/m0/s1. The third-order valence-corrected chi connectivity index (χ3v) is 4.09. The molecule has 19 heavy (non-hydrogen) atoms. The van der Waals surface area contributed by atoms with Crippen molar-refractivity contribution in [1.29, 1.82) is 5.26 Å².